The van der Waals surface area contributed by atoms with E-state index < -0.39 is 0 Å². The summed E-state index contributed by atoms with van der Waals surface area (Å²) >= 11 is 9.44. The minimum Gasteiger partial charge on any atom is -0.321 e. The van der Waals surface area contributed by atoms with Crippen molar-refractivity contribution in [2.24, 2.45) is 0 Å². The molecular weight excluding hydrogens is 380 g/mol. The molecule has 0 aliphatic rings. The number of hydrogen-bond donors (Lipinski definition) is 1. The molecule has 1 N–H and O–H groups in total. The molecule has 0 bridgehead atoms. The van der Waals surface area contributed by atoms with Gasteiger partial charge in [-0.05, 0) is 35.9 Å². The largest absolute Gasteiger partial charge is 0.321 e. The van der Waals surface area contributed by atoms with Gasteiger partial charge in [0.25, 0.3) is 5.91 Å². The Labute approximate surface area is 146 Å². The predicted molar refractivity (Wildman–Crippen MR) is 92.7 cm³/mol. The molecule has 1 amide bonds. The van der Waals surface area contributed by atoms with Crippen LogP contribution in [0.15, 0.2) is 59.6 Å². The van der Waals surface area contributed by atoms with Gasteiger partial charge >= 0.3 is 0 Å². The second-order valence-electron chi connectivity index (χ2n) is 4.87. The average molecular weight is 392 g/mol. The highest BCUT2D eigenvalue weighted by molar-refractivity contribution is 9.10. The number of nitrogens with zero attached hydrogens (tertiary/aromatic N) is 3. The molecule has 3 aromatic rings. The van der Waals surface area contributed by atoms with Gasteiger partial charge in [0.2, 0.25) is 0 Å². The van der Waals surface area contributed by atoms with E-state index in [1.807, 2.05) is 18.2 Å². The summed E-state index contributed by atoms with van der Waals surface area (Å²) in [4.78, 5) is 16.2. The lowest BCUT2D eigenvalue weighted by Gasteiger charge is -2.08. The molecule has 7 heteroatoms. The van der Waals surface area contributed by atoms with Crippen molar-refractivity contribution in [3.63, 3.8) is 0 Å². The first-order chi connectivity index (χ1) is 11.1. The first-order valence-electron chi connectivity index (χ1n) is 6.79. The van der Waals surface area contributed by atoms with Gasteiger partial charge in [-0.15, -0.1) is 0 Å². The number of rotatable bonds is 4. The van der Waals surface area contributed by atoms with E-state index in [0.717, 1.165) is 10.0 Å². The summed E-state index contributed by atoms with van der Waals surface area (Å²) in [5.41, 5.74) is 2.17. The maximum absolute atomic E-state index is 12.3. The summed E-state index contributed by atoms with van der Waals surface area (Å²) in [5, 5.41) is 7.33. The molecule has 0 aliphatic carbocycles. The van der Waals surface area contributed by atoms with E-state index >= 15 is 0 Å². The highest BCUT2D eigenvalue weighted by Gasteiger charge is 2.09. The minimum atomic E-state index is -0.207. The molecule has 0 saturated carbocycles. The van der Waals surface area contributed by atoms with Gasteiger partial charge in [-0.2, -0.15) is 5.10 Å². The van der Waals surface area contributed by atoms with Crippen molar-refractivity contribution in [1.82, 2.24) is 14.8 Å². The summed E-state index contributed by atoms with van der Waals surface area (Å²) in [6, 6.07) is 12.6. The molecule has 1 aromatic heterocycles. The van der Waals surface area contributed by atoms with Crippen LogP contribution in [0.5, 0.6) is 0 Å². The van der Waals surface area contributed by atoms with Crippen LogP contribution in [0.3, 0.4) is 0 Å². The third-order valence-corrected chi connectivity index (χ3v) is 4.01. The fraction of sp³-hybridized carbons (Fsp3) is 0.0625. The summed E-state index contributed by atoms with van der Waals surface area (Å²) in [6.45, 7) is 0.612. The smallest absolute Gasteiger partial charge is 0.255 e. The van der Waals surface area contributed by atoms with Gasteiger partial charge in [0, 0.05) is 10.0 Å². The molecule has 5 nitrogen and oxygen atoms in total. The van der Waals surface area contributed by atoms with E-state index in [1.165, 1.54) is 6.33 Å². The van der Waals surface area contributed by atoms with E-state index in [0.29, 0.717) is 22.8 Å². The monoisotopic (exact) mass is 390 g/mol. The zero-order valence-corrected chi connectivity index (χ0v) is 14.3. The molecule has 0 unspecified atom stereocenters. The van der Waals surface area contributed by atoms with Crippen LogP contribution < -0.4 is 5.32 Å². The van der Waals surface area contributed by atoms with Crippen LogP contribution >= 0.6 is 27.5 Å². The normalized spacial score (nSPS) is 10.5. The highest BCUT2D eigenvalue weighted by atomic mass is 79.9. The Morgan fingerprint density at radius 2 is 2.00 bits per heavy atom. The Bertz CT molecular complexity index is 819. The van der Waals surface area contributed by atoms with Crippen molar-refractivity contribution in [3.8, 4) is 0 Å². The van der Waals surface area contributed by atoms with Gasteiger partial charge in [0.05, 0.1) is 17.3 Å². The molecule has 3 rings (SSSR count). The van der Waals surface area contributed by atoms with Gasteiger partial charge in [-0.1, -0.05) is 39.7 Å². The molecule has 0 radical (unpaired) electrons. The molecule has 23 heavy (non-hydrogen) atoms. The van der Waals surface area contributed by atoms with Crippen LogP contribution in [-0.4, -0.2) is 20.7 Å². The van der Waals surface area contributed by atoms with E-state index in [4.69, 9.17) is 11.6 Å². The van der Waals surface area contributed by atoms with Gasteiger partial charge in [0.1, 0.15) is 12.7 Å². The van der Waals surface area contributed by atoms with Crippen LogP contribution in [-0.2, 0) is 6.54 Å². The molecule has 0 fully saturated rings. The zero-order chi connectivity index (χ0) is 16.2. The van der Waals surface area contributed by atoms with Gasteiger partial charge < -0.3 is 5.32 Å². The van der Waals surface area contributed by atoms with Gasteiger partial charge in [-0.3, -0.25) is 4.79 Å². The standard InChI is InChI=1S/C16H12BrClN4O/c17-13-5-6-15(14(18)7-13)21-16(23)12-3-1-11(2-4-12)8-22-10-19-9-20-22/h1-7,9-10H,8H2,(H,21,23). The maximum Gasteiger partial charge on any atom is 0.255 e. The molecule has 116 valence electrons. The first-order valence-corrected chi connectivity index (χ1v) is 7.97. The Balaban J connectivity index is 1.70. The van der Waals surface area contributed by atoms with Crippen LogP contribution in [0.25, 0.3) is 0 Å². The highest BCUT2D eigenvalue weighted by Crippen LogP contribution is 2.26. The third kappa shape index (κ3) is 3.97. The lowest BCUT2D eigenvalue weighted by atomic mass is 10.1. The van der Waals surface area contributed by atoms with Crippen molar-refractivity contribution >= 4 is 39.1 Å². The van der Waals surface area contributed by atoms with E-state index in [1.54, 1.807) is 35.3 Å². The average Bonchev–Trinajstić information content (AvgIpc) is 3.04. The van der Waals surface area contributed by atoms with E-state index in [-0.39, 0.29) is 5.91 Å². The van der Waals surface area contributed by atoms with Crippen LogP contribution in [0.2, 0.25) is 5.02 Å². The van der Waals surface area contributed by atoms with Crippen molar-refractivity contribution in [3.05, 3.63) is 75.7 Å². The molecule has 0 aliphatic heterocycles. The molecule has 1 heterocycles. The van der Waals surface area contributed by atoms with E-state index in [2.05, 4.69) is 31.3 Å². The number of hydrogen-bond acceptors (Lipinski definition) is 3. The Kier molecular flexibility index (Phi) is 4.73. The zero-order valence-electron chi connectivity index (χ0n) is 11.9. The number of benzene rings is 2. The molecule has 0 saturated heterocycles. The maximum atomic E-state index is 12.3. The number of halogens is 2. The first kappa shape index (κ1) is 15.7. The Morgan fingerprint density at radius 1 is 1.22 bits per heavy atom. The quantitative estimate of drug-likeness (QED) is 0.731. The van der Waals surface area contributed by atoms with E-state index in [9.17, 15) is 4.79 Å². The summed E-state index contributed by atoms with van der Waals surface area (Å²) in [5.74, 6) is -0.207. The van der Waals surface area contributed by atoms with Gasteiger partial charge in [-0.25, -0.2) is 9.67 Å². The number of anilines is 1. The molecule has 2 aromatic carbocycles. The SMILES string of the molecule is O=C(Nc1ccc(Br)cc1Cl)c1ccc(Cn2cncn2)cc1. The second kappa shape index (κ2) is 6.93. The van der Waals surface area contributed by atoms with Crippen molar-refractivity contribution in [2.45, 2.75) is 6.54 Å². The van der Waals surface area contributed by atoms with Crippen molar-refractivity contribution < 1.29 is 4.79 Å². The fourth-order valence-corrected chi connectivity index (χ4v) is 2.77. The summed E-state index contributed by atoms with van der Waals surface area (Å²) < 4.78 is 2.58. The minimum absolute atomic E-state index is 0.207. The van der Waals surface area contributed by atoms with Crippen molar-refractivity contribution in [1.29, 1.82) is 0 Å². The van der Waals surface area contributed by atoms with Gasteiger partial charge in [0.15, 0.2) is 0 Å². The third-order valence-electron chi connectivity index (χ3n) is 3.21. The lowest BCUT2D eigenvalue weighted by Crippen LogP contribution is -2.12. The number of aromatic nitrogens is 3. The Morgan fingerprint density at radius 3 is 2.65 bits per heavy atom. The second-order valence-corrected chi connectivity index (χ2v) is 6.19. The summed E-state index contributed by atoms with van der Waals surface area (Å²) in [7, 11) is 0. The number of nitrogens with one attached hydrogen (secondary N) is 1. The molecule has 0 atom stereocenters. The lowest BCUT2D eigenvalue weighted by molar-refractivity contribution is 0.102. The number of carbonyl (C=O) groups is 1. The fourth-order valence-electron chi connectivity index (χ4n) is 2.05. The number of carbonyl (C=O) groups excluding carboxylic acids is 1. The van der Waals surface area contributed by atoms with Crippen molar-refractivity contribution in [2.75, 3.05) is 5.32 Å². The number of amides is 1. The topological polar surface area (TPSA) is 59.8 Å². The van der Waals surface area contributed by atoms with Crippen LogP contribution in [0.1, 0.15) is 15.9 Å². The van der Waals surface area contributed by atoms with Crippen LogP contribution in [0.4, 0.5) is 5.69 Å². The Hall–Kier alpha value is -2.18. The molecule has 0 spiro atoms. The summed E-state index contributed by atoms with van der Waals surface area (Å²) in [6.07, 6.45) is 3.14. The van der Waals surface area contributed by atoms with Crippen LogP contribution in [0, 0.1) is 0 Å². The predicted octanol–water partition coefficient (Wildman–Crippen LogP) is 3.99. The molecular formula is C16H12BrClN4O.